The van der Waals surface area contributed by atoms with E-state index in [9.17, 15) is 9.90 Å². The van der Waals surface area contributed by atoms with E-state index in [2.05, 4.69) is 38.2 Å². The van der Waals surface area contributed by atoms with Crippen LogP contribution in [-0.4, -0.2) is 41.8 Å². The molecule has 2 rings (SSSR count). The van der Waals surface area contributed by atoms with Crippen LogP contribution in [0.2, 0.25) is 0 Å². The molecule has 4 nitrogen and oxygen atoms in total. The molecule has 1 saturated heterocycles. The maximum Gasteiger partial charge on any atom is 0.317 e. The minimum absolute atomic E-state index is 0.00731. The summed E-state index contributed by atoms with van der Waals surface area (Å²) < 4.78 is 0. The first kappa shape index (κ1) is 16.8. The molecule has 1 atom stereocenters. The maximum absolute atomic E-state index is 12.4. The van der Waals surface area contributed by atoms with Gasteiger partial charge < -0.3 is 15.3 Å². The monoisotopic (exact) mass is 304 g/mol. The average molecular weight is 304 g/mol. The normalized spacial score (nSPS) is 18.1. The number of urea groups is 1. The van der Waals surface area contributed by atoms with E-state index in [-0.39, 0.29) is 24.1 Å². The van der Waals surface area contributed by atoms with Crippen molar-refractivity contribution in [2.75, 3.05) is 19.7 Å². The van der Waals surface area contributed by atoms with Crippen molar-refractivity contribution >= 4 is 6.03 Å². The fraction of sp³-hybridized carbons (Fsp3) is 0.611. The maximum atomic E-state index is 12.4. The van der Waals surface area contributed by atoms with Crippen molar-refractivity contribution in [1.82, 2.24) is 10.2 Å². The number of benzene rings is 1. The lowest BCUT2D eigenvalue weighted by Crippen LogP contribution is -2.52. The first-order valence-electron chi connectivity index (χ1n) is 8.17. The number of nitrogens with zero attached hydrogens (tertiary/aromatic N) is 1. The zero-order chi connectivity index (χ0) is 16.2. The van der Waals surface area contributed by atoms with E-state index in [1.54, 1.807) is 0 Å². The van der Waals surface area contributed by atoms with Gasteiger partial charge in [-0.2, -0.15) is 0 Å². The Labute approximate surface area is 133 Å². The summed E-state index contributed by atoms with van der Waals surface area (Å²) in [4.78, 5) is 14.3. The molecule has 1 aliphatic heterocycles. The third-order valence-electron chi connectivity index (χ3n) is 5.10. The van der Waals surface area contributed by atoms with Crippen molar-refractivity contribution in [3.63, 3.8) is 0 Å². The predicted octanol–water partition coefficient (Wildman–Crippen LogP) is 2.77. The molecule has 1 aromatic rings. The van der Waals surface area contributed by atoms with Gasteiger partial charge in [-0.15, -0.1) is 0 Å². The number of rotatable bonds is 4. The lowest BCUT2D eigenvalue weighted by molar-refractivity contribution is 0.134. The highest BCUT2D eigenvalue weighted by molar-refractivity contribution is 5.74. The number of carbonyl (C=O) groups excluding carboxylic acids is 1. The number of hydrogen-bond acceptors (Lipinski definition) is 2. The Morgan fingerprint density at radius 2 is 1.91 bits per heavy atom. The molecule has 0 aliphatic carbocycles. The van der Waals surface area contributed by atoms with Crippen LogP contribution in [0.5, 0.6) is 0 Å². The van der Waals surface area contributed by atoms with Gasteiger partial charge in [0.2, 0.25) is 0 Å². The highest BCUT2D eigenvalue weighted by atomic mass is 16.3. The van der Waals surface area contributed by atoms with Gasteiger partial charge in [0.1, 0.15) is 0 Å². The Bertz CT molecular complexity index is 479. The molecule has 1 fully saturated rings. The zero-order valence-electron chi connectivity index (χ0n) is 13.9. The van der Waals surface area contributed by atoms with Gasteiger partial charge in [0.15, 0.2) is 0 Å². The fourth-order valence-corrected chi connectivity index (χ4v) is 2.89. The molecule has 1 heterocycles. The third kappa shape index (κ3) is 3.80. The topological polar surface area (TPSA) is 52.6 Å². The summed E-state index contributed by atoms with van der Waals surface area (Å²) in [6, 6.07) is 10.3. The summed E-state index contributed by atoms with van der Waals surface area (Å²) in [5.74, 6) is 0.349. The minimum Gasteiger partial charge on any atom is -0.396 e. The standard InChI is InChI=1S/C18H28N2O2/c1-14(18(2,3)16-7-5-4-6-8-16)19-17(22)20-11-9-15(13-21)10-12-20/h4-8,14-15,21H,9-13H2,1-3H3,(H,19,22). The summed E-state index contributed by atoms with van der Waals surface area (Å²) in [7, 11) is 0. The van der Waals surface area contributed by atoms with Gasteiger partial charge in [-0.1, -0.05) is 44.2 Å². The second kappa shape index (κ2) is 7.14. The van der Waals surface area contributed by atoms with Crippen LogP contribution in [0, 0.1) is 5.92 Å². The van der Waals surface area contributed by atoms with Gasteiger partial charge in [0.05, 0.1) is 0 Å². The van der Waals surface area contributed by atoms with E-state index < -0.39 is 0 Å². The first-order chi connectivity index (χ1) is 10.4. The average Bonchev–Trinajstić information content (AvgIpc) is 2.55. The van der Waals surface area contributed by atoms with Crippen molar-refractivity contribution in [2.24, 2.45) is 5.92 Å². The summed E-state index contributed by atoms with van der Waals surface area (Å²) in [6.07, 6.45) is 1.78. The number of likely N-dealkylation sites (tertiary alicyclic amines) is 1. The molecule has 2 amide bonds. The fourth-order valence-electron chi connectivity index (χ4n) is 2.89. The molecule has 1 unspecified atom stereocenters. The van der Waals surface area contributed by atoms with Crippen molar-refractivity contribution in [3.8, 4) is 0 Å². The van der Waals surface area contributed by atoms with Crippen molar-refractivity contribution in [2.45, 2.75) is 45.1 Å². The lowest BCUT2D eigenvalue weighted by Gasteiger charge is -2.36. The smallest absolute Gasteiger partial charge is 0.317 e. The Kier molecular flexibility index (Phi) is 5.46. The van der Waals surface area contributed by atoms with E-state index >= 15 is 0 Å². The van der Waals surface area contributed by atoms with Crippen LogP contribution in [0.15, 0.2) is 30.3 Å². The predicted molar refractivity (Wildman–Crippen MR) is 88.8 cm³/mol. The van der Waals surface area contributed by atoms with Crippen LogP contribution in [0.25, 0.3) is 0 Å². The summed E-state index contributed by atoms with van der Waals surface area (Å²) >= 11 is 0. The van der Waals surface area contributed by atoms with E-state index in [1.807, 2.05) is 23.1 Å². The molecule has 122 valence electrons. The molecule has 0 radical (unpaired) electrons. The number of carbonyl (C=O) groups is 1. The number of aliphatic hydroxyl groups excluding tert-OH is 1. The van der Waals surface area contributed by atoms with E-state index in [4.69, 9.17) is 0 Å². The molecule has 1 aromatic carbocycles. The number of amides is 2. The van der Waals surface area contributed by atoms with Crippen LogP contribution in [0.4, 0.5) is 4.79 Å². The zero-order valence-corrected chi connectivity index (χ0v) is 13.9. The molecular weight excluding hydrogens is 276 g/mol. The van der Waals surface area contributed by atoms with Crippen molar-refractivity contribution < 1.29 is 9.90 Å². The Morgan fingerprint density at radius 1 is 1.32 bits per heavy atom. The Morgan fingerprint density at radius 3 is 2.45 bits per heavy atom. The molecule has 0 spiro atoms. The number of hydrogen-bond donors (Lipinski definition) is 2. The second-order valence-corrected chi connectivity index (χ2v) is 6.87. The van der Waals surface area contributed by atoms with Crippen molar-refractivity contribution in [3.05, 3.63) is 35.9 Å². The molecule has 4 heteroatoms. The highest BCUT2D eigenvalue weighted by Gasteiger charge is 2.31. The Hall–Kier alpha value is -1.55. The third-order valence-corrected chi connectivity index (χ3v) is 5.10. The van der Waals surface area contributed by atoms with Crippen LogP contribution in [-0.2, 0) is 5.41 Å². The van der Waals surface area contributed by atoms with Gasteiger partial charge in [0.25, 0.3) is 0 Å². The highest BCUT2D eigenvalue weighted by Crippen LogP contribution is 2.27. The van der Waals surface area contributed by atoms with Crippen LogP contribution >= 0.6 is 0 Å². The molecule has 0 aromatic heterocycles. The quantitative estimate of drug-likeness (QED) is 0.898. The lowest BCUT2D eigenvalue weighted by atomic mass is 9.78. The molecule has 22 heavy (non-hydrogen) atoms. The minimum atomic E-state index is -0.125. The van der Waals surface area contributed by atoms with Crippen LogP contribution < -0.4 is 5.32 Å². The number of aliphatic hydroxyl groups is 1. The van der Waals surface area contributed by atoms with Crippen LogP contribution in [0.3, 0.4) is 0 Å². The van der Waals surface area contributed by atoms with E-state index in [0.29, 0.717) is 5.92 Å². The summed E-state index contributed by atoms with van der Waals surface area (Å²) in [5, 5.41) is 12.3. The molecule has 1 aliphatic rings. The summed E-state index contributed by atoms with van der Waals surface area (Å²) in [6.45, 7) is 8.07. The van der Waals surface area contributed by atoms with Gasteiger partial charge >= 0.3 is 6.03 Å². The number of piperidine rings is 1. The van der Waals surface area contributed by atoms with Gasteiger partial charge in [-0.25, -0.2) is 4.79 Å². The Balaban J connectivity index is 1.94. The molecule has 0 saturated carbocycles. The van der Waals surface area contributed by atoms with Crippen molar-refractivity contribution in [1.29, 1.82) is 0 Å². The molecule has 2 N–H and O–H groups in total. The van der Waals surface area contributed by atoms with E-state index in [1.165, 1.54) is 5.56 Å². The first-order valence-corrected chi connectivity index (χ1v) is 8.17. The molecule has 0 bridgehead atoms. The van der Waals surface area contributed by atoms with E-state index in [0.717, 1.165) is 25.9 Å². The van der Waals surface area contributed by atoms with Gasteiger partial charge in [0, 0.05) is 31.2 Å². The second-order valence-electron chi connectivity index (χ2n) is 6.87. The largest absolute Gasteiger partial charge is 0.396 e. The van der Waals surface area contributed by atoms with Crippen LogP contribution in [0.1, 0.15) is 39.2 Å². The molecular formula is C18H28N2O2. The SMILES string of the molecule is CC(NC(=O)N1CCC(CO)CC1)C(C)(C)c1ccccc1. The number of nitrogens with one attached hydrogen (secondary N) is 1. The summed E-state index contributed by atoms with van der Waals surface area (Å²) in [5.41, 5.74) is 1.10. The van der Waals surface area contributed by atoms with Gasteiger partial charge in [-0.05, 0) is 31.2 Å². The van der Waals surface area contributed by atoms with Gasteiger partial charge in [-0.3, -0.25) is 0 Å².